The molecular weight excluding hydrogens is 626 g/mol. The van der Waals surface area contributed by atoms with Crippen LogP contribution in [0.15, 0.2) is 58.5 Å². The van der Waals surface area contributed by atoms with Crippen LogP contribution in [0, 0.1) is 0 Å². The maximum atomic E-state index is 7.57. The van der Waals surface area contributed by atoms with Crippen molar-refractivity contribution in [1.82, 2.24) is 5.32 Å². The largest absolute Gasteiger partial charge is 0.397 e. The maximum absolute atomic E-state index is 7.57. The Morgan fingerprint density at radius 2 is 1.08 bits per heavy atom. The lowest BCUT2D eigenvalue weighted by Gasteiger charge is -2.08. The van der Waals surface area contributed by atoms with E-state index in [1.165, 1.54) is 11.1 Å². The summed E-state index contributed by atoms with van der Waals surface area (Å²) in [6, 6.07) is 16.2. The maximum Gasteiger partial charge on any atom is 0.163 e. The molecule has 0 saturated carbocycles. The molecule has 0 spiro atoms. The monoisotopic (exact) mass is 664 g/mol. The van der Waals surface area contributed by atoms with Gasteiger partial charge in [0.15, 0.2) is 15.4 Å². The van der Waals surface area contributed by atoms with Crippen LogP contribution in [-0.2, 0) is 23.3 Å². The van der Waals surface area contributed by atoms with Crippen molar-refractivity contribution in [3.63, 3.8) is 0 Å². The number of nitrogens with zero attached hydrogens (tertiary/aromatic N) is 2. The highest BCUT2D eigenvalue weighted by atomic mass is 35.5. The van der Waals surface area contributed by atoms with E-state index in [1.54, 1.807) is 51.6 Å². The van der Waals surface area contributed by atoms with Gasteiger partial charge in [-0.15, -0.1) is 48.0 Å². The average Bonchev–Trinajstić information content (AvgIpc) is 2.91. The van der Waals surface area contributed by atoms with Crippen LogP contribution in [0.5, 0.6) is 0 Å². The minimum Gasteiger partial charge on any atom is -0.397 e. The first-order valence-electron chi connectivity index (χ1n) is 10.8. The van der Waals surface area contributed by atoms with Crippen molar-refractivity contribution in [3.8, 4) is 0 Å². The fourth-order valence-electron chi connectivity index (χ4n) is 2.09. The molecule has 0 aliphatic carbocycles. The minimum atomic E-state index is 0. The van der Waals surface area contributed by atoms with Gasteiger partial charge in [0.05, 0.1) is 0 Å². The van der Waals surface area contributed by atoms with Gasteiger partial charge in [0.1, 0.15) is 0 Å². The van der Waals surface area contributed by atoms with Crippen LogP contribution in [0.3, 0.4) is 0 Å². The number of rotatable bonds is 6. The Balaban J connectivity index is -0.000000244. The molecule has 218 valence electrons. The van der Waals surface area contributed by atoms with Gasteiger partial charge in [-0.2, -0.15) is 0 Å². The number of benzene rings is 2. The van der Waals surface area contributed by atoms with E-state index in [-0.39, 0.29) is 31.4 Å². The van der Waals surface area contributed by atoms with Gasteiger partial charge < -0.3 is 27.6 Å². The number of aliphatic hydroxyl groups is 1. The zero-order valence-corrected chi connectivity index (χ0v) is 27.6. The molecule has 7 nitrogen and oxygen atoms in total. The summed E-state index contributed by atoms with van der Waals surface area (Å²) in [7, 11) is 5.08. The summed E-state index contributed by atoms with van der Waals surface area (Å²) in [5.41, 5.74) is 21.0. The summed E-state index contributed by atoms with van der Waals surface area (Å²) in [6.45, 7) is 1.93. The standard InChI is InChI=1S/C12H18N4S2.C8H8Cl2.C2H6N2S.C2H6O.2ClH/c1-15-11(13)17-7-9-5-3-4-6-10(9)8-18-12(14)16-2;9-5-7-3-1-2-4-8(7)6-10;1-4-2(3)5;1-2-3;;/h3-6H,7-8H2,1-2H3,(H2,13,15)(H2,14,16);1-4H,5-6H2;1H3,(H3,3,4,5);3H,2H2,1H3;2*1H. The zero-order chi connectivity index (χ0) is 27.8. The van der Waals surface area contributed by atoms with E-state index in [0.29, 0.717) is 27.2 Å². The van der Waals surface area contributed by atoms with Crippen LogP contribution in [0.25, 0.3) is 0 Å². The number of halogens is 4. The highest BCUT2D eigenvalue weighted by molar-refractivity contribution is 8.13. The summed E-state index contributed by atoms with van der Waals surface area (Å²) in [5, 5.41) is 11.7. The Morgan fingerprint density at radius 1 is 0.816 bits per heavy atom. The molecule has 0 aliphatic heterocycles. The molecule has 14 heteroatoms. The van der Waals surface area contributed by atoms with E-state index < -0.39 is 0 Å². The van der Waals surface area contributed by atoms with Gasteiger partial charge in [-0.3, -0.25) is 9.98 Å². The Kier molecular flexibility index (Phi) is 35.2. The number of aliphatic imine (C=N–C) groups is 2. The van der Waals surface area contributed by atoms with Gasteiger partial charge in [-0.05, 0) is 41.4 Å². The van der Waals surface area contributed by atoms with Crippen molar-refractivity contribution in [1.29, 1.82) is 0 Å². The SMILES string of the molecule is CCO.CN=C(N)SCc1ccccc1CSC(N)=NC.CNC(N)=S.Cl.Cl.ClCc1ccccc1CCl. The highest BCUT2D eigenvalue weighted by Gasteiger charge is 2.04. The smallest absolute Gasteiger partial charge is 0.163 e. The molecule has 38 heavy (non-hydrogen) atoms. The number of nitrogens with two attached hydrogens (primary N) is 3. The minimum absolute atomic E-state index is 0. The lowest BCUT2D eigenvalue weighted by Crippen LogP contribution is -2.24. The average molecular weight is 667 g/mol. The summed E-state index contributed by atoms with van der Waals surface area (Å²) < 4.78 is 0. The quantitative estimate of drug-likeness (QED) is 0.118. The number of nitrogens with one attached hydrogen (secondary N) is 1. The van der Waals surface area contributed by atoms with E-state index >= 15 is 0 Å². The topological polar surface area (TPSA) is 135 Å². The third-order valence-corrected chi connectivity index (χ3v) is 6.61. The summed E-state index contributed by atoms with van der Waals surface area (Å²) in [4.78, 5) is 7.87. The molecule has 8 N–H and O–H groups in total. The molecule has 2 aromatic carbocycles. The first kappa shape index (κ1) is 43.9. The van der Waals surface area contributed by atoms with Crippen LogP contribution in [0.2, 0.25) is 0 Å². The third-order valence-electron chi connectivity index (χ3n) is 3.96. The normalized spacial score (nSPS) is 9.97. The van der Waals surface area contributed by atoms with Crippen LogP contribution >= 0.6 is 83.8 Å². The lowest BCUT2D eigenvalue weighted by molar-refractivity contribution is 0.318. The number of alkyl halides is 2. The van der Waals surface area contributed by atoms with Crippen molar-refractivity contribution < 1.29 is 5.11 Å². The van der Waals surface area contributed by atoms with Gasteiger partial charge in [0, 0.05) is 51.0 Å². The van der Waals surface area contributed by atoms with E-state index in [4.69, 9.17) is 45.5 Å². The predicted molar refractivity (Wildman–Crippen MR) is 183 cm³/mol. The Bertz CT molecular complexity index is 860. The number of thioether (sulfide) groups is 2. The zero-order valence-electron chi connectivity index (χ0n) is 22.0. The summed E-state index contributed by atoms with van der Waals surface area (Å²) in [6.07, 6.45) is 0. The van der Waals surface area contributed by atoms with Crippen molar-refractivity contribution in [2.45, 2.75) is 30.2 Å². The van der Waals surface area contributed by atoms with Crippen molar-refractivity contribution in [3.05, 3.63) is 70.8 Å². The van der Waals surface area contributed by atoms with Crippen LogP contribution < -0.4 is 22.5 Å². The second-order valence-corrected chi connectivity index (χ2v) is 9.40. The molecule has 0 aliphatic rings. The molecule has 2 rings (SSSR count). The summed E-state index contributed by atoms with van der Waals surface area (Å²) in [5.74, 6) is 2.73. The van der Waals surface area contributed by atoms with Gasteiger partial charge >= 0.3 is 0 Å². The molecule has 0 unspecified atom stereocenters. The molecule has 0 fully saturated rings. The molecule has 0 amide bonds. The first-order valence-corrected chi connectivity index (χ1v) is 14.2. The molecule has 0 radical (unpaired) electrons. The lowest BCUT2D eigenvalue weighted by atomic mass is 10.1. The molecule has 0 atom stereocenters. The van der Waals surface area contributed by atoms with Crippen LogP contribution in [-0.4, -0.2) is 48.3 Å². The fraction of sp³-hybridized carbons (Fsp3) is 0.375. The number of aliphatic hydroxyl groups excluding tert-OH is 1. The van der Waals surface area contributed by atoms with Crippen molar-refractivity contribution in [2.75, 3.05) is 27.7 Å². The highest BCUT2D eigenvalue weighted by Crippen LogP contribution is 2.21. The predicted octanol–water partition coefficient (Wildman–Crippen LogP) is 5.50. The first-order chi connectivity index (χ1) is 17.2. The van der Waals surface area contributed by atoms with Gasteiger partial charge in [0.25, 0.3) is 0 Å². The molecule has 0 bridgehead atoms. The number of amidine groups is 2. The Morgan fingerprint density at radius 3 is 1.29 bits per heavy atom. The van der Waals surface area contributed by atoms with Crippen LogP contribution in [0.4, 0.5) is 0 Å². The van der Waals surface area contributed by atoms with E-state index in [0.717, 1.165) is 22.6 Å². The van der Waals surface area contributed by atoms with Gasteiger partial charge in [-0.25, -0.2) is 0 Å². The Labute approximate surface area is 264 Å². The molecule has 0 saturated heterocycles. The molecule has 0 aromatic heterocycles. The second kappa shape index (κ2) is 30.4. The third kappa shape index (κ3) is 24.0. The van der Waals surface area contributed by atoms with E-state index in [2.05, 4.69) is 39.7 Å². The Hall–Kier alpha value is -1.11. The van der Waals surface area contributed by atoms with Crippen LogP contribution in [0.1, 0.15) is 29.2 Å². The molecule has 0 heterocycles. The molecule has 2 aromatic rings. The second-order valence-electron chi connectivity index (χ2n) is 6.44. The fourth-order valence-corrected chi connectivity index (χ4v) is 4.04. The summed E-state index contributed by atoms with van der Waals surface area (Å²) >= 11 is 18.7. The van der Waals surface area contributed by atoms with Gasteiger partial charge in [-0.1, -0.05) is 72.1 Å². The number of hydrogen-bond donors (Lipinski definition) is 5. The number of hydrogen-bond acceptors (Lipinski definition) is 6. The van der Waals surface area contributed by atoms with E-state index in [1.807, 2.05) is 36.4 Å². The van der Waals surface area contributed by atoms with E-state index in [9.17, 15) is 0 Å². The van der Waals surface area contributed by atoms with Gasteiger partial charge in [0.2, 0.25) is 0 Å². The van der Waals surface area contributed by atoms with Crippen molar-refractivity contribution >= 4 is 99.2 Å². The number of thiocarbonyl (C=S) groups is 1. The molecular formula is C24H40Cl4N6OS3. The van der Waals surface area contributed by atoms with Crippen molar-refractivity contribution in [2.24, 2.45) is 27.2 Å².